The van der Waals surface area contributed by atoms with Gasteiger partial charge in [-0.05, 0) is 43.5 Å². The Morgan fingerprint density at radius 3 is 2.57 bits per heavy atom. The van der Waals surface area contributed by atoms with Crippen LogP contribution in [0.2, 0.25) is 5.02 Å². The lowest BCUT2D eigenvalue weighted by Crippen LogP contribution is -2.07. The van der Waals surface area contributed by atoms with Crippen LogP contribution in [0.1, 0.15) is 31.4 Å². The molecule has 0 aliphatic rings. The number of hydrogen-bond donors (Lipinski definition) is 2. The van der Waals surface area contributed by atoms with Crippen LogP contribution in [0.15, 0.2) is 53.8 Å². The van der Waals surface area contributed by atoms with E-state index in [2.05, 4.69) is 15.5 Å². The molecule has 1 heterocycles. The van der Waals surface area contributed by atoms with E-state index in [1.54, 1.807) is 12.3 Å². The summed E-state index contributed by atoms with van der Waals surface area (Å²) in [7, 11) is 0. The van der Waals surface area contributed by atoms with E-state index in [4.69, 9.17) is 16.7 Å². The number of pyridine rings is 1. The van der Waals surface area contributed by atoms with E-state index in [1.807, 2.05) is 36.4 Å². The largest absolute Gasteiger partial charge is 0.481 e. The molecule has 0 unspecified atom stereocenters. The second-order valence-corrected chi connectivity index (χ2v) is 5.37. The molecule has 0 amide bonds. The number of hydrazone groups is 1. The van der Waals surface area contributed by atoms with Gasteiger partial charge in [0.2, 0.25) is 0 Å². The van der Waals surface area contributed by atoms with Gasteiger partial charge in [-0.1, -0.05) is 29.8 Å². The number of rotatable bonds is 8. The van der Waals surface area contributed by atoms with Gasteiger partial charge in [-0.25, -0.2) is 0 Å². The lowest BCUT2D eigenvalue weighted by molar-refractivity contribution is -0.137. The van der Waals surface area contributed by atoms with Gasteiger partial charge < -0.3 is 5.11 Å². The highest BCUT2D eigenvalue weighted by atomic mass is 35.5. The molecule has 0 fully saturated rings. The van der Waals surface area contributed by atoms with Crippen molar-refractivity contribution in [3.8, 4) is 0 Å². The summed E-state index contributed by atoms with van der Waals surface area (Å²) in [5.41, 5.74) is 5.22. The zero-order valence-electron chi connectivity index (χ0n) is 12.6. The monoisotopic (exact) mass is 331 g/mol. The van der Waals surface area contributed by atoms with Crippen molar-refractivity contribution >= 4 is 29.0 Å². The molecule has 0 spiro atoms. The van der Waals surface area contributed by atoms with Crippen molar-refractivity contribution in [1.82, 2.24) is 4.98 Å². The number of benzene rings is 1. The predicted molar refractivity (Wildman–Crippen MR) is 92.0 cm³/mol. The number of hydrogen-bond acceptors (Lipinski definition) is 4. The van der Waals surface area contributed by atoms with Crippen molar-refractivity contribution in [3.63, 3.8) is 0 Å². The zero-order valence-corrected chi connectivity index (χ0v) is 13.3. The molecule has 1 aromatic carbocycles. The normalized spacial score (nSPS) is 11.3. The molecule has 0 aliphatic carbocycles. The summed E-state index contributed by atoms with van der Waals surface area (Å²) in [6.45, 7) is 0. The number of anilines is 1. The fourth-order valence-corrected chi connectivity index (χ4v) is 2.20. The first kappa shape index (κ1) is 17.0. The van der Waals surface area contributed by atoms with Crippen LogP contribution in [-0.2, 0) is 4.79 Å². The number of nitrogens with zero attached hydrogens (tertiary/aromatic N) is 2. The number of halogens is 1. The summed E-state index contributed by atoms with van der Waals surface area (Å²) in [6.07, 6.45) is 3.84. The van der Waals surface area contributed by atoms with E-state index in [9.17, 15) is 4.79 Å². The number of para-hydroxylation sites is 1. The third-order valence-electron chi connectivity index (χ3n) is 3.20. The van der Waals surface area contributed by atoms with E-state index in [0.717, 1.165) is 17.8 Å². The minimum Gasteiger partial charge on any atom is -0.481 e. The lowest BCUT2D eigenvalue weighted by Gasteiger charge is -2.08. The molecule has 2 N–H and O–H groups in total. The Morgan fingerprint density at radius 1 is 1.13 bits per heavy atom. The summed E-state index contributed by atoms with van der Waals surface area (Å²) in [5, 5.41) is 13.7. The number of carboxylic acid groups (broad SMARTS) is 1. The number of nitrogens with one attached hydrogen (secondary N) is 1. The Balaban J connectivity index is 2.08. The molecule has 1 aromatic heterocycles. The predicted octanol–water partition coefficient (Wildman–Crippen LogP) is 4.20. The minimum atomic E-state index is -0.782. The van der Waals surface area contributed by atoms with Crippen LogP contribution in [0, 0.1) is 0 Å². The summed E-state index contributed by atoms with van der Waals surface area (Å²) < 4.78 is 0. The quantitative estimate of drug-likeness (QED) is 0.432. The molecule has 2 rings (SSSR count). The van der Waals surface area contributed by atoms with Gasteiger partial charge in [0.15, 0.2) is 0 Å². The van der Waals surface area contributed by atoms with Gasteiger partial charge in [-0.15, -0.1) is 0 Å². The van der Waals surface area contributed by atoms with Crippen molar-refractivity contribution in [1.29, 1.82) is 0 Å². The van der Waals surface area contributed by atoms with E-state index in [0.29, 0.717) is 23.6 Å². The van der Waals surface area contributed by atoms with Gasteiger partial charge in [0, 0.05) is 12.6 Å². The van der Waals surface area contributed by atoms with Gasteiger partial charge in [0.05, 0.1) is 22.1 Å². The molecule has 5 nitrogen and oxygen atoms in total. The highest BCUT2D eigenvalue weighted by Gasteiger charge is 2.07. The van der Waals surface area contributed by atoms with Crippen molar-refractivity contribution in [2.75, 3.05) is 5.43 Å². The molecule has 6 heteroatoms. The van der Waals surface area contributed by atoms with Crippen molar-refractivity contribution in [2.45, 2.75) is 25.7 Å². The number of aromatic nitrogens is 1. The fourth-order valence-electron chi connectivity index (χ4n) is 2.02. The molecule has 0 saturated carbocycles. The van der Waals surface area contributed by atoms with E-state index in [-0.39, 0.29) is 6.42 Å². The first-order chi connectivity index (χ1) is 11.2. The average molecular weight is 332 g/mol. The topological polar surface area (TPSA) is 74.6 Å². The summed E-state index contributed by atoms with van der Waals surface area (Å²) >= 11 is 6.10. The van der Waals surface area contributed by atoms with Crippen LogP contribution in [0.3, 0.4) is 0 Å². The molecular formula is C17H18ClN3O2. The van der Waals surface area contributed by atoms with Crippen LogP contribution in [0.5, 0.6) is 0 Å². The Labute approximate surface area is 140 Å². The van der Waals surface area contributed by atoms with E-state index >= 15 is 0 Å². The Kier molecular flexibility index (Phi) is 6.56. The maximum Gasteiger partial charge on any atom is 0.303 e. The highest BCUT2D eigenvalue weighted by molar-refractivity contribution is 6.33. The van der Waals surface area contributed by atoms with Crippen molar-refractivity contribution in [3.05, 3.63) is 59.4 Å². The number of carbonyl (C=O) groups is 1. The van der Waals surface area contributed by atoms with Crippen LogP contribution in [0.25, 0.3) is 0 Å². The molecular weight excluding hydrogens is 314 g/mol. The first-order valence-electron chi connectivity index (χ1n) is 7.37. The number of carboxylic acids is 1. The van der Waals surface area contributed by atoms with Gasteiger partial charge >= 0.3 is 5.97 Å². The fraction of sp³-hybridized carbons (Fsp3) is 0.235. The standard InChI is InChI=1S/C17H18ClN3O2/c18-13-7-1-2-8-14(13)20-21-16(10-3-4-11-17(22)23)15-9-5-6-12-19-15/h1-2,5-9,12,20H,3-4,10-11H2,(H,22,23)/b21-16+. The molecule has 0 atom stereocenters. The molecule has 2 aromatic rings. The van der Waals surface area contributed by atoms with Gasteiger partial charge in [-0.3, -0.25) is 15.2 Å². The van der Waals surface area contributed by atoms with E-state index < -0.39 is 5.97 Å². The summed E-state index contributed by atoms with van der Waals surface area (Å²) in [5.74, 6) is -0.782. The smallest absolute Gasteiger partial charge is 0.303 e. The summed E-state index contributed by atoms with van der Waals surface area (Å²) in [4.78, 5) is 14.9. The lowest BCUT2D eigenvalue weighted by atomic mass is 10.1. The van der Waals surface area contributed by atoms with Gasteiger partial charge in [0.1, 0.15) is 0 Å². The number of unbranched alkanes of at least 4 members (excludes halogenated alkanes) is 1. The molecule has 120 valence electrons. The Morgan fingerprint density at radius 2 is 1.87 bits per heavy atom. The Bertz CT molecular complexity index is 675. The zero-order chi connectivity index (χ0) is 16.5. The van der Waals surface area contributed by atoms with Crippen molar-refractivity contribution in [2.24, 2.45) is 5.10 Å². The highest BCUT2D eigenvalue weighted by Crippen LogP contribution is 2.20. The number of aliphatic carboxylic acids is 1. The van der Waals surface area contributed by atoms with Crippen LogP contribution in [-0.4, -0.2) is 21.8 Å². The molecule has 0 saturated heterocycles. The maximum atomic E-state index is 10.6. The molecule has 0 bridgehead atoms. The molecule has 0 radical (unpaired) electrons. The average Bonchev–Trinajstić information content (AvgIpc) is 2.56. The summed E-state index contributed by atoms with van der Waals surface area (Å²) in [6, 6.07) is 13.0. The van der Waals surface area contributed by atoms with Crippen LogP contribution < -0.4 is 5.43 Å². The minimum absolute atomic E-state index is 0.160. The third kappa shape index (κ3) is 5.71. The SMILES string of the molecule is O=C(O)CCCC/C(=N\Nc1ccccc1Cl)c1ccccn1. The van der Waals surface area contributed by atoms with Crippen molar-refractivity contribution < 1.29 is 9.90 Å². The Hall–Kier alpha value is -2.40. The van der Waals surface area contributed by atoms with Gasteiger partial charge in [0.25, 0.3) is 0 Å². The third-order valence-corrected chi connectivity index (χ3v) is 3.53. The van der Waals surface area contributed by atoms with Gasteiger partial charge in [-0.2, -0.15) is 5.10 Å². The molecule has 0 aliphatic heterocycles. The first-order valence-corrected chi connectivity index (χ1v) is 7.75. The maximum absolute atomic E-state index is 10.6. The second-order valence-electron chi connectivity index (χ2n) is 4.97. The van der Waals surface area contributed by atoms with E-state index in [1.165, 1.54) is 0 Å². The second kappa shape index (κ2) is 8.90. The molecule has 23 heavy (non-hydrogen) atoms. The van der Waals surface area contributed by atoms with Crippen LogP contribution in [0.4, 0.5) is 5.69 Å². The van der Waals surface area contributed by atoms with Crippen LogP contribution >= 0.6 is 11.6 Å².